The van der Waals surface area contributed by atoms with Crippen molar-refractivity contribution in [3.05, 3.63) is 46.0 Å². The molecule has 1 aliphatic rings. The maximum Gasteiger partial charge on any atom is 0.356 e. The summed E-state index contributed by atoms with van der Waals surface area (Å²) in [6.07, 6.45) is 2.22. The lowest BCUT2D eigenvalue weighted by atomic mass is 10.2. The minimum absolute atomic E-state index is 0.00637. The molecular weight excluding hydrogens is 271 g/mol. The summed E-state index contributed by atoms with van der Waals surface area (Å²) in [5.74, 6) is -1.56. The average molecular weight is 281 g/mol. The highest BCUT2D eigenvalue weighted by atomic mass is 35.5. The van der Waals surface area contributed by atoms with Crippen LogP contribution in [0.15, 0.2) is 18.2 Å². The van der Waals surface area contributed by atoms with Gasteiger partial charge in [-0.1, -0.05) is 11.6 Å². The molecule has 0 saturated heterocycles. The molecule has 1 aromatic heterocycles. The van der Waals surface area contributed by atoms with Crippen LogP contribution in [0.5, 0.6) is 0 Å². The van der Waals surface area contributed by atoms with Crippen molar-refractivity contribution >= 4 is 17.6 Å². The van der Waals surface area contributed by atoms with E-state index in [4.69, 9.17) is 16.7 Å². The molecule has 0 spiro atoms. The first-order chi connectivity index (χ1) is 9.08. The largest absolute Gasteiger partial charge is 0.476 e. The van der Waals surface area contributed by atoms with Gasteiger partial charge in [0.15, 0.2) is 5.69 Å². The van der Waals surface area contributed by atoms with Crippen molar-refractivity contribution in [2.45, 2.75) is 19.3 Å². The first kappa shape index (κ1) is 12.2. The Kier molecular flexibility index (Phi) is 2.78. The third-order valence-electron chi connectivity index (χ3n) is 3.27. The summed E-state index contributed by atoms with van der Waals surface area (Å²) in [5, 5.41) is 13.5. The van der Waals surface area contributed by atoms with Crippen LogP contribution in [-0.2, 0) is 12.8 Å². The molecule has 1 N–H and O–H groups in total. The molecule has 0 aliphatic heterocycles. The lowest BCUT2D eigenvalue weighted by Crippen LogP contribution is -2.06. The van der Waals surface area contributed by atoms with Crippen molar-refractivity contribution in [2.75, 3.05) is 0 Å². The van der Waals surface area contributed by atoms with Gasteiger partial charge in [-0.3, -0.25) is 0 Å². The minimum atomic E-state index is -1.08. The Hall–Kier alpha value is -1.88. The predicted molar refractivity (Wildman–Crippen MR) is 67.5 cm³/mol. The van der Waals surface area contributed by atoms with Crippen molar-refractivity contribution in [1.82, 2.24) is 9.78 Å². The van der Waals surface area contributed by atoms with E-state index >= 15 is 0 Å². The lowest BCUT2D eigenvalue weighted by Gasteiger charge is -2.07. The van der Waals surface area contributed by atoms with Crippen LogP contribution < -0.4 is 0 Å². The van der Waals surface area contributed by atoms with Crippen molar-refractivity contribution < 1.29 is 14.3 Å². The summed E-state index contributed by atoms with van der Waals surface area (Å²) in [5.41, 5.74) is 1.66. The maximum absolute atomic E-state index is 13.9. The van der Waals surface area contributed by atoms with Gasteiger partial charge in [0.2, 0.25) is 0 Å². The number of aromatic carboxylic acids is 1. The molecule has 0 amide bonds. The van der Waals surface area contributed by atoms with Gasteiger partial charge in [-0.2, -0.15) is 5.10 Å². The Morgan fingerprint density at radius 1 is 1.42 bits per heavy atom. The third kappa shape index (κ3) is 1.90. The Balaban J connectivity index is 2.23. The molecule has 1 aromatic carbocycles. The van der Waals surface area contributed by atoms with E-state index in [-0.39, 0.29) is 11.4 Å². The van der Waals surface area contributed by atoms with Gasteiger partial charge in [0, 0.05) is 16.3 Å². The summed E-state index contributed by atoms with van der Waals surface area (Å²) in [6, 6.07) is 4.15. The van der Waals surface area contributed by atoms with Crippen LogP contribution in [-0.4, -0.2) is 20.9 Å². The number of fused-ring (bicyclic) bond motifs is 1. The summed E-state index contributed by atoms with van der Waals surface area (Å²) < 4.78 is 15.2. The third-order valence-corrected chi connectivity index (χ3v) is 3.50. The van der Waals surface area contributed by atoms with Gasteiger partial charge >= 0.3 is 5.97 Å². The molecule has 0 unspecified atom stereocenters. The van der Waals surface area contributed by atoms with E-state index in [1.54, 1.807) is 0 Å². The summed E-state index contributed by atoms with van der Waals surface area (Å²) in [6.45, 7) is 0. The molecule has 1 heterocycles. The highest BCUT2D eigenvalue weighted by molar-refractivity contribution is 6.30. The minimum Gasteiger partial charge on any atom is -0.476 e. The number of hydrogen-bond acceptors (Lipinski definition) is 2. The zero-order valence-electron chi connectivity index (χ0n) is 9.86. The Labute approximate surface area is 113 Å². The number of hydrogen-bond donors (Lipinski definition) is 1. The second kappa shape index (κ2) is 4.35. The van der Waals surface area contributed by atoms with Crippen LogP contribution in [0.4, 0.5) is 4.39 Å². The number of halogens is 2. The zero-order valence-corrected chi connectivity index (χ0v) is 10.6. The number of carbonyl (C=O) groups is 1. The molecule has 0 fully saturated rings. The second-order valence-electron chi connectivity index (χ2n) is 4.44. The molecular formula is C13H10ClFN2O2. The van der Waals surface area contributed by atoms with E-state index in [1.807, 2.05) is 0 Å². The average Bonchev–Trinajstić information content (AvgIpc) is 2.93. The van der Waals surface area contributed by atoms with E-state index < -0.39 is 11.8 Å². The van der Waals surface area contributed by atoms with Crippen molar-refractivity contribution in [3.63, 3.8) is 0 Å². The quantitative estimate of drug-likeness (QED) is 0.920. The van der Waals surface area contributed by atoms with Crippen LogP contribution in [0.2, 0.25) is 5.02 Å². The Morgan fingerprint density at radius 2 is 2.21 bits per heavy atom. The standard InChI is InChI=1S/C13H10ClFN2O2/c14-7-4-5-9(15)11(6-7)17-10-3-1-2-8(10)12(16-17)13(18)19/h4-6H,1-3H2,(H,18,19). The highest BCUT2D eigenvalue weighted by Gasteiger charge is 2.27. The maximum atomic E-state index is 13.9. The first-order valence-electron chi connectivity index (χ1n) is 5.87. The van der Waals surface area contributed by atoms with Gasteiger partial charge in [-0.15, -0.1) is 0 Å². The number of carboxylic acids is 1. The number of benzene rings is 1. The smallest absolute Gasteiger partial charge is 0.356 e. The van der Waals surface area contributed by atoms with Gasteiger partial charge in [0.25, 0.3) is 0 Å². The van der Waals surface area contributed by atoms with Crippen LogP contribution in [0.25, 0.3) is 5.69 Å². The van der Waals surface area contributed by atoms with Crippen LogP contribution in [0.3, 0.4) is 0 Å². The normalized spacial score (nSPS) is 13.6. The zero-order chi connectivity index (χ0) is 13.6. The summed E-state index contributed by atoms with van der Waals surface area (Å²) >= 11 is 5.86. The monoisotopic (exact) mass is 280 g/mol. The van der Waals surface area contributed by atoms with Crippen molar-refractivity contribution in [3.8, 4) is 5.69 Å². The molecule has 98 valence electrons. The van der Waals surface area contributed by atoms with Gasteiger partial charge in [0.1, 0.15) is 11.5 Å². The fourth-order valence-electron chi connectivity index (χ4n) is 2.46. The van der Waals surface area contributed by atoms with E-state index in [9.17, 15) is 9.18 Å². The fourth-order valence-corrected chi connectivity index (χ4v) is 2.62. The molecule has 6 heteroatoms. The second-order valence-corrected chi connectivity index (χ2v) is 4.88. The van der Waals surface area contributed by atoms with Crippen LogP contribution in [0.1, 0.15) is 28.2 Å². The molecule has 1 aliphatic carbocycles. The fraction of sp³-hybridized carbons (Fsp3) is 0.231. The number of nitrogens with zero attached hydrogens (tertiary/aromatic N) is 2. The molecule has 0 atom stereocenters. The molecule has 4 nitrogen and oxygen atoms in total. The number of rotatable bonds is 2. The Bertz CT molecular complexity index is 682. The lowest BCUT2D eigenvalue weighted by molar-refractivity contribution is 0.0689. The highest BCUT2D eigenvalue weighted by Crippen LogP contribution is 2.29. The van der Waals surface area contributed by atoms with Gasteiger partial charge in [-0.25, -0.2) is 13.9 Å². The Morgan fingerprint density at radius 3 is 2.95 bits per heavy atom. The molecule has 19 heavy (non-hydrogen) atoms. The number of aromatic nitrogens is 2. The summed E-state index contributed by atoms with van der Waals surface area (Å²) in [7, 11) is 0. The molecule has 0 radical (unpaired) electrons. The van der Waals surface area contributed by atoms with Gasteiger partial charge in [0.05, 0.1) is 0 Å². The van der Waals surface area contributed by atoms with Gasteiger partial charge < -0.3 is 5.11 Å². The van der Waals surface area contributed by atoms with Gasteiger partial charge in [-0.05, 0) is 37.5 Å². The van der Waals surface area contributed by atoms with Crippen molar-refractivity contribution in [1.29, 1.82) is 0 Å². The molecule has 0 saturated carbocycles. The van der Waals surface area contributed by atoms with E-state index in [1.165, 1.54) is 22.9 Å². The summed E-state index contributed by atoms with van der Waals surface area (Å²) in [4.78, 5) is 11.2. The van der Waals surface area contributed by atoms with Crippen LogP contribution in [0, 0.1) is 5.82 Å². The van der Waals surface area contributed by atoms with E-state index in [2.05, 4.69) is 5.10 Å². The van der Waals surface area contributed by atoms with Crippen molar-refractivity contribution in [2.24, 2.45) is 0 Å². The number of carboxylic acid groups (broad SMARTS) is 1. The molecule has 0 bridgehead atoms. The SMILES string of the molecule is O=C(O)c1nn(-c2cc(Cl)ccc2F)c2c1CCC2. The van der Waals surface area contributed by atoms with E-state index in [0.29, 0.717) is 23.4 Å². The topological polar surface area (TPSA) is 55.1 Å². The van der Waals surface area contributed by atoms with Crippen LogP contribution >= 0.6 is 11.6 Å². The molecule has 2 aromatic rings. The first-order valence-corrected chi connectivity index (χ1v) is 6.25. The molecule has 3 rings (SSSR count). The van der Waals surface area contributed by atoms with E-state index in [0.717, 1.165) is 12.1 Å². The predicted octanol–water partition coefficient (Wildman–Crippen LogP) is 2.85.